The smallest absolute Gasteiger partial charge is 0.251 e. The molecule has 0 atom stereocenters. The molecule has 0 aromatic heterocycles. The lowest BCUT2D eigenvalue weighted by atomic mass is 10.1. The van der Waals surface area contributed by atoms with E-state index in [9.17, 15) is 9.59 Å². The lowest BCUT2D eigenvalue weighted by molar-refractivity contribution is 0.0904. The third-order valence-corrected chi connectivity index (χ3v) is 2.54. The van der Waals surface area contributed by atoms with E-state index in [1.165, 1.54) is 0 Å². The number of benzene rings is 2. The average molecular weight is 299 g/mol. The topological polar surface area (TPSA) is 46.2 Å². The maximum absolute atomic E-state index is 11.8. The molecule has 2 rings (SSSR count). The molecule has 0 spiro atoms. The second kappa shape index (κ2) is 12.3. The van der Waals surface area contributed by atoms with Gasteiger partial charge in [0.1, 0.15) is 0 Å². The Morgan fingerprint density at radius 3 is 1.59 bits per heavy atom. The van der Waals surface area contributed by atoms with Crippen molar-refractivity contribution in [3.05, 3.63) is 71.8 Å². The molecule has 22 heavy (non-hydrogen) atoms. The van der Waals surface area contributed by atoms with Crippen LogP contribution in [0.3, 0.4) is 0 Å². The molecule has 3 nitrogen and oxygen atoms in total. The predicted octanol–water partition coefficient (Wildman–Crippen LogP) is 4.35. The molecular weight excluding hydrogens is 274 g/mol. The van der Waals surface area contributed by atoms with E-state index in [0.717, 1.165) is 0 Å². The zero-order valence-electron chi connectivity index (χ0n) is 13.8. The molecule has 0 saturated carbocycles. The van der Waals surface area contributed by atoms with E-state index in [1.54, 1.807) is 48.5 Å². The number of rotatable bonds is 4. The Bertz CT molecular complexity index is 484. The van der Waals surface area contributed by atoms with Gasteiger partial charge in [0.25, 0.3) is 5.91 Å². The van der Waals surface area contributed by atoms with E-state index in [2.05, 4.69) is 5.32 Å². The normalized spacial score (nSPS) is 8.55. The molecule has 0 fully saturated rings. The Labute approximate surface area is 133 Å². The first kappa shape index (κ1) is 19.6. The van der Waals surface area contributed by atoms with E-state index in [4.69, 9.17) is 0 Å². The van der Waals surface area contributed by atoms with E-state index in [1.807, 2.05) is 39.8 Å². The van der Waals surface area contributed by atoms with E-state index in [-0.39, 0.29) is 18.2 Å². The lowest BCUT2D eigenvalue weighted by Crippen LogP contribution is -2.29. The van der Waals surface area contributed by atoms with Gasteiger partial charge in [0.05, 0.1) is 6.54 Å². The van der Waals surface area contributed by atoms with Gasteiger partial charge in [0.2, 0.25) is 0 Å². The predicted molar refractivity (Wildman–Crippen MR) is 92.2 cm³/mol. The summed E-state index contributed by atoms with van der Waals surface area (Å²) in [6.07, 6.45) is 0. The van der Waals surface area contributed by atoms with Crippen molar-refractivity contribution >= 4 is 11.7 Å². The van der Waals surface area contributed by atoms with Crippen molar-refractivity contribution in [2.75, 3.05) is 6.54 Å². The van der Waals surface area contributed by atoms with E-state index >= 15 is 0 Å². The molecule has 0 radical (unpaired) electrons. The van der Waals surface area contributed by atoms with Crippen molar-refractivity contribution in [2.45, 2.75) is 27.7 Å². The molecule has 1 N–H and O–H groups in total. The van der Waals surface area contributed by atoms with Crippen molar-refractivity contribution in [2.24, 2.45) is 0 Å². The lowest BCUT2D eigenvalue weighted by Gasteiger charge is -2.04. The summed E-state index contributed by atoms with van der Waals surface area (Å²) in [7, 11) is 0. The highest BCUT2D eigenvalue weighted by Crippen LogP contribution is 2.00. The Morgan fingerprint density at radius 1 is 0.727 bits per heavy atom. The third-order valence-electron chi connectivity index (χ3n) is 2.54. The van der Waals surface area contributed by atoms with Gasteiger partial charge in [-0.2, -0.15) is 0 Å². The largest absolute Gasteiger partial charge is 0.345 e. The zero-order valence-corrected chi connectivity index (χ0v) is 13.8. The summed E-state index contributed by atoms with van der Waals surface area (Å²) in [4.78, 5) is 23.5. The van der Waals surface area contributed by atoms with E-state index in [0.29, 0.717) is 11.1 Å². The highest BCUT2D eigenvalue weighted by Gasteiger charge is 2.08. The number of ketones is 1. The molecule has 2 aromatic rings. The number of nitrogens with one attached hydrogen (secondary N) is 1. The monoisotopic (exact) mass is 299 g/mol. The molecule has 0 saturated heterocycles. The Balaban J connectivity index is 0.00000102. The number of amides is 1. The van der Waals surface area contributed by atoms with Gasteiger partial charge >= 0.3 is 0 Å². The highest BCUT2D eigenvalue weighted by atomic mass is 16.2. The SMILES string of the molecule is CC.CC.O=C(CNC(=O)c1ccccc1)c1ccccc1. The van der Waals surface area contributed by atoms with E-state index < -0.39 is 0 Å². The van der Waals surface area contributed by atoms with Crippen LogP contribution in [0, 0.1) is 0 Å². The fourth-order valence-electron chi connectivity index (χ4n) is 1.58. The molecule has 0 bridgehead atoms. The van der Waals surface area contributed by atoms with Crippen LogP contribution in [0.5, 0.6) is 0 Å². The van der Waals surface area contributed by atoms with Gasteiger partial charge in [-0.05, 0) is 12.1 Å². The highest BCUT2D eigenvalue weighted by molar-refractivity contribution is 6.02. The molecule has 0 unspecified atom stereocenters. The first-order valence-corrected chi connectivity index (χ1v) is 7.69. The number of carbonyl (C=O) groups is 2. The molecule has 118 valence electrons. The summed E-state index contributed by atoms with van der Waals surface area (Å²) in [6, 6.07) is 17.7. The molecule has 0 aliphatic carbocycles. The summed E-state index contributed by atoms with van der Waals surface area (Å²) in [5, 5.41) is 2.61. The number of Topliss-reactive ketones (excluding diaryl/α,β-unsaturated/α-hetero) is 1. The quantitative estimate of drug-likeness (QED) is 0.853. The molecule has 0 aliphatic rings. The van der Waals surface area contributed by atoms with Crippen LogP contribution in [0.1, 0.15) is 48.4 Å². The van der Waals surface area contributed by atoms with Gasteiger partial charge in [-0.1, -0.05) is 76.2 Å². The fourth-order valence-corrected chi connectivity index (χ4v) is 1.58. The third kappa shape index (κ3) is 6.84. The van der Waals surface area contributed by atoms with Crippen molar-refractivity contribution in [3.63, 3.8) is 0 Å². The number of hydrogen-bond donors (Lipinski definition) is 1. The van der Waals surface area contributed by atoms with Gasteiger partial charge in [-0.25, -0.2) is 0 Å². The summed E-state index contributed by atoms with van der Waals surface area (Å²) >= 11 is 0. The number of hydrogen-bond acceptors (Lipinski definition) is 2. The van der Waals surface area contributed by atoms with Crippen LogP contribution in [-0.2, 0) is 0 Å². The maximum Gasteiger partial charge on any atom is 0.251 e. The minimum atomic E-state index is -0.236. The molecule has 0 aliphatic heterocycles. The summed E-state index contributed by atoms with van der Waals surface area (Å²) in [5.41, 5.74) is 1.16. The van der Waals surface area contributed by atoms with Crippen LogP contribution in [0.15, 0.2) is 60.7 Å². The van der Waals surface area contributed by atoms with Crippen LogP contribution in [0.25, 0.3) is 0 Å². The van der Waals surface area contributed by atoms with Gasteiger partial charge in [-0.3, -0.25) is 9.59 Å². The van der Waals surface area contributed by atoms with Crippen molar-refractivity contribution in [1.82, 2.24) is 5.32 Å². The average Bonchev–Trinajstić information content (AvgIpc) is 2.64. The first-order valence-electron chi connectivity index (χ1n) is 7.69. The molecular formula is C19H25NO2. The van der Waals surface area contributed by atoms with Crippen molar-refractivity contribution in [1.29, 1.82) is 0 Å². The van der Waals surface area contributed by atoms with Crippen LogP contribution in [-0.4, -0.2) is 18.2 Å². The molecule has 3 heteroatoms. The second-order valence-corrected chi connectivity index (χ2v) is 3.84. The van der Waals surface area contributed by atoms with Crippen LogP contribution in [0.2, 0.25) is 0 Å². The summed E-state index contributed by atoms with van der Waals surface area (Å²) < 4.78 is 0. The minimum absolute atomic E-state index is 0.0116. The standard InChI is InChI=1S/C15H13NO2.2C2H6/c17-14(12-7-3-1-4-8-12)11-16-15(18)13-9-5-2-6-10-13;2*1-2/h1-10H,11H2,(H,16,18);2*1-2H3. The van der Waals surface area contributed by atoms with Crippen molar-refractivity contribution in [3.8, 4) is 0 Å². The minimum Gasteiger partial charge on any atom is -0.345 e. The van der Waals surface area contributed by atoms with Crippen LogP contribution in [0.4, 0.5) is 0 Å². The summed E-state index contributed by atoms with van der Waals surface area (Å²) in [6.45, 7) is 8.01. The Morgan fingerprint density at radius 2 is 1.14 bits per heavy atom. The van der Waals surface area contributed by atoms with Crippen LogP contribution < -0.4 is 5.32 Å². The van der Waals surface area contributed by atoms with Gasteiger partial charge < -0.3 is 5.32 Å². The zero-order chi connectivity index (χ0) is 16.8. The van der Waals surface area contributed by atoms with Crippen molar-refractivity contribution < 1.29 is 9.59 Å². The van der Waals surface area contributed by atoms with Gasteiger partial charge in [-0.15, -0.1) is 0 Å². The first-order chi connectivity index (χ1) is 10.8. The van der Waals surface area contributed by atoms with Gasteiger partial charge in [0.15, 0.2) is 5.78 Å². The molecule has 2 aromatic carbocycles. The molecule has 1 amide bonds. The van der Waals surface area contributed by atoms with Gasteiger partial charge in [0, 0.05) is 11.1 Å². The second-order valence-electron chi connectivity index (χ2n) is 3.84. The maximum atomic E-state index is 11.8. The van der Waals surface area contributed by atoms with Crippen LogP contribution >= 0.6 is 0 Å². The Kier molecular flexibility index (Phi) is 11.0. The summed E-state index contributed by atoms with van der Waals surface area (Å²) in [5.74, 6) is -0.334. The number of carbonyl (C=O) groups excluding carboxylic acids is 2. The molecule has 0 heterocycles. The fraction of sp³-hybridized carbons (Fsp3) is 0.263. The Hall–Kier alpha value is -2.42.